The van der Waals surface area contributed by atoms with Gasteiger partial charge >= 0.3 is 0 Å². The lowest BCUT2D eigenvalue weighted by molar-refractivity contribution is 0.0760. The van der Waals surface area contributed by atoms with Gasteiger partial charge in [0.2, 0.25) is 0 Å². The van der Waals surface area contributed by atoms with Crippen LogP contribution in [-0.2, 0) is 0 Å². The van der Waals surface area contributed by atoms with E-state index in [0.29, 0.717) is 5.69 Å². The molecule has 0 spiro atoms. The molecule has 118 valence electrons. The van der Waals surface area contributed by atoms with Crippen molar-refractivity contribution in [2.24, 2.45) is 0 Å². The number of aliphatic hydroxyl groups excluding tert-OH is 1. The highest BCUT2D eigenvalue weighted by Gasteiger charge is 2.19. The van der Waals surface area contributed by atoms with Crippen molar-refractivity contribution in [1.82, 2.24) is 14.7 Å². The average Bonchev–Trinajstić information content (AvgIpc) is 3.24. The zero-order valence-electron chi connectivity index (χ0n) is 12.7. The number of rotatable bonds is 5. The third-order valence-corrected chi connectivity index (χ3v) is 4.38. The van der Waals surface area contributed by atoms with Gasteiger partial charge in [0.05, 0.1) is 22.9 Å². The topological polar surface area (TPSA) is 58.4 Å². The molecule has 3 rings (SSSR count). The van der Waals surface area contributed by atoms with Gasteiger partial charge < -0.3 is 10.0 Å². The first kappa shape index (κ1) is 15.5. The molecular formula is C17H17N3O2S. The molecule has 0 fully saturated rings. The number of carbonyl (C=O) groups excluding carboxylic acids is 1. The molecule has 0 saturated carbocycles. The van der Waals surface area contributed by atoms with E-state index in [1.54, 1.807) is 29.1 Å². The molecule has 5 nitrogen and oxygen atoms in total. The molecule has 0 bridgehead atoms. The van der Waals surface area contributed by atoms with Gasteiger partial charge in [-0.3, -0.25) is 4.79 Å². The molecule has 6 heteroatoms. The van der Waals surface area contributed by atoms with Crippen molar-refractivity contribution in [2.75, 3.05) is 20.2 Å². The molecule has 0 aliphatic carbocycles. The van der Waals surface area contributed by atoms with Crippen molar-refractivity contribution in [3.63, 3.8) is 0 Å². The maximum atomic E-state index is 12.4. The van der Waals surface area contributed by atoms with Crippen LogP contribution in [0.4, 0.5) is 0 Å². The second kappa shape index (κ2) is 6.76. The number of hydrogen-bond donors (Lipinski definition) is 1. The van der Waals surface area contributed by atoms with Crippen LogP contribution in [0.25, 0.3) is 16.3 Å². The minimum Gasteiger partial charge on any atom is -0.395 e. The summed E-state index contributed by atoms with van der Waals surface area (Å²) < 4.78 is 1.78. The Morgan fingerprint density at radius 1 is 1.26 bits per heavy atom. The van der Waals surface area contributed by atoms with E-state index < -0.39 is 0 Å². The lowest BCUT2D eigenvalue weighted by Gasteiger charge is -2.13. The van der Waals surface area contributed by atoms with Crippen LogP contribution in [0.2, 0.25) is 0 Å². The van der Waals surface area contributed by atoms with Gasteiger partial charge in [0.15, 0.2) is 5.69 Å². The largest absolute Gasteiger partial charge is 0.395 e. The molecule has 2 heterocycles. The van der Waals surface area contributed by atoms with E-state index in [1.807, 2.05) is 47.8 Å². The Hall–Kier alpha value is -2.44. The Morgan fingerprint density at radius 2 is 2.04 bits per heavy atom. The molecule has 1 amide bonds. The fourth-order valence-corrected chi connectivity index (χ4v) is 3.03. The van der Waals surface area contributed by atoms with Gasteiger partial charge in [0.25, 0.3) is 5.91 Å². The van der Waals surface area contributed by atoms with Crippen molar-refractivity contribution in [3.05, 3.63) is 59.6 Å². The van der Waals surface area contributed by atoms with Crippen LogP contribution >= 0.6 is 11.3 Å². The fourth-order valence-electron chi connectivity index (χ4n) is 2.30. The molecule has 0 unspecified atom stereocenters. The van der Waals surface area contributed by atoms with Crippen LogP contribution in [0.15, 0.2) is 53.9 Å². The van der Waals surface area contributed by atoms with E-state index in [0.717, 1.165) is 16.3 Å². The van der Waals surface area contributed by atoms with Gasteiger partial charge in [-0.15, -0.1) is 11.3 Å². The first-order chi connectivity index (χ1) is 11.2. The average molecular weight is 327 g/mol. The number of aromatic nitrogens is 2. The van der Waals surface area contributed by atoms with Gasteiger partial charge in [-0.1, -0.05) is 24.3 Å². The van der Waals surface area contributed by atoms with Gasteiger partial charge in [0, 0.05) is 13.6 Å². The SMILES string of the molecule is CN(CCO)C(=O)c1cc(-c2cccs2)n(-c2ccccc2)n1. The van der Waals surface area contributed by atoms with Crippen LogP contribution < -0.4 is 0 Å². The zero-order valence-corrected chi connectivity index (χ0v) is 13.5. The molecule has 0 atom stereocenters. The van der Waals surface area contributed by atoms with Gasteiger partial charge in [-0.2, -0.15) is 5.10 Å². The molecule has 0 radical (unpaired) electrons. The summed E-state index contributed by atoms with van der Waals surface area (Å²) in [6.07, 6.45) is 0. The van der Waals surface area contributed by atoms with E-state index in [4.69, 9.17) is 5.11 Å². The number of hydrogen-bond acceptors (Lipinski definition) is 4. The quantitative estimate of drug-likeness (QED) is 0.784. The highest BCUT2D eigenvalue weighted by atomic mass is 32.1. The predicted octanol–water partition coefficient (Wildman–Crippen LogP) is 2.67. The standard InChI is InChI=1S/C17H17N3O2S/c1-19(9-10-21)17(22)14-12-15(16-8-5-11-23-16)20(18-14)13-6-3-2-4-7-13/h2-8,11-12,21H,9-10H2,1H3. The minimum atomic E-state index is -0.202. The lowest BCUT2D eigenvalue weighted by Crippen LogP contribution is -2.29. The van der Waals surface area contributed by atoms with Crippen LogP contribution in [0.5, 0.6) is 0 Å². The Morgan fingerprint density at radius 3 is 2.70 bits per heavy atom. The molecule has 0 aliphatic rings. The maximum absolute atomic E-state index is 12.4. The van der Waals surface area contributed by atoms with E-state index in [9.17, 15) is 4.79 Å². The normalized spacial score (nSPS) is 10.7. The zero-order chi connectivity index (χ0) is 16.2. The second-order valence-corrected chi connectivity index (χ2v) is 6.04. The minimum absolute atomic E-state index is 0.0700. The predicted molar refractivity (Wildman–Crippen MR) is 90.9 cm³/mol. The third kappa shape index (κ3) is 3.18. The Balaban J connectivity index is 2.06. The Labute approximate surface area is 138 Å². The lowest BCUT2D eigenvalue weighted by atomic mass is 10.2. The van der Waals surface area contributed by atoms with Gasteiger partial charge in [0.1, 0.15) is 0 Å². The first-order valence-electron chi connectivity index (χ1n) is 7.26. The molecular weight excluding hydrogens is 310 g/mol. The van der Waals surface area contributed by atoms with Crippen molar-refractivity contribution < 1.29 is 9.90 Å². The smallest absolute Gasteiger partial charge is 0.274 e. The van der Waals surface area contributed by atoms with Gasteiger partial charge in [-0.05, 0) is 29.6 Å². The van der Waals surface area contributed by atoms with Crippen LogP contribution in [0.1, 0.15) is 10.5 Å². The van der Waals surface area contributed by atoms with Crippen LogP contribution in [0, 0.1) is 0 Å². The van der Waals surface area contributed by atoms with Crippen molar-refractivity contribution in [3.8, 4) is 16.3 Å². The van der Waals surface area contributed by atoms with Gasteiger partial charge in [-0.25, -0.2) is 4.68 Å². The Kier molecular flexibility index (Phi) is 4.55. The summed E-state index contributed by atoms with van der Waals surface area (Å²) in [7, 11) is 1.66. The van der Waals surface area contributed by atoms with Crippen LogP contribution in [-0.4, -0.2) is 45.9 Å². The van der Waals surface area contributed by atoms with E-state index >= 15 is 0 Å². The van der Waals surface area contributed by atoms with Crippen molar-refractivity contribution in [2.45, 2.75) is 0 Å². The van der Waals surface area contributed by atoms with E-state index in [2.05, 4.69) is 5.10 Å². The number of amides is 1. The summed E-state index contributed by atoms with van der Waals surface area (Å²) in [5, 5.41) is 15.5. The molecule has 1 N–H and O–H groups in total. The molecule has 0 saturated heterocycles. The number of nitrogens with zero attached hydrogens (tertiary/aromatic N) is 3. The monoisotopic (exact) mass is 327 g/mol. The summed E-state index contributed by atoms with van der Waals surface area (Å²) >= 11 is 1.60. The maximum Gasteiger partial charge on any atom is 0.274 e. The Bertz CT molecular complexity index is 782. The number of benzene rings is 1. The molecule has 0 aliphatic heterocycles. The molecule has 3 aromatic rings. The highest BCUT2D eigenvalue weighted by molar-refractivity contribution is 7.13. The highest BCUT2D eigenvalue weighted by Crippen LogP contribution is 2.28. The van der Waals surface area contributed by atoms with Crippen LogP contribution in [0.3, 0.4) is 0 Å². The first-order valence-corrected chi connectivity index (χ1v) is 8.14. The number of thiophene rings is 1. The van der Waals surface area contributed by atoms with Crippen molar-refractivity contribution in [1.29, 1.82) is 0 Å². The third-order valence-electron chi connectivity index (χ3n) is 3.48. The van der Waals surface area contributed by atoms with Crippen molar-refractivity contribution >= 4 is 17.2 Å². The molecule has 23 heavy (non-hydrogen) atoms. The second-order valence-electron chi connectivity index (χ2n) is 5.09. The summed E-state index contributed by atoms with van der Waals surface area (Å²) in [6, 6.07) is 15.5. The number of likely N-dealkylation sites (N-methyl/N-ethyl adjacent to an activating group) is 1. The molecule has 2 aromatic heterocycles. The van der Waals surface area contributed by atoms with E-state index in [-0.39, 0.29) is 19.1 Å². The summed E-state index contributed by atoms with van der Waals surface area (Å²) in [5.74, 6) is -0.202. The van der Waals surface area contributed by atoms with E-state index in [1.165, 1.54) is 4.90 Å². The number of carbonyl (C=O) groups is 1. The molecule has 1 aromatic carbocycles. The summed E-state index contributed by atoms with van der Waals surface area (Å²) in [6.45, 7) is 0.213. The summed E-state index contributed by atoms with van der Waals surface area (Å²) in [4.78, 5) is 15.0. The summed E-state index contributed by atoms with van der Waals surface area (Å²) in [5.41, 5.74) is 2.15. The fraction of sp³-hybridized carbons (Fsp3) is 0.176. The number of aliphatic hydroxyl groups is 1. The number of para-hydroxylation sites is 1.